The Hall–Kier alpha value is -0.120. The van der Waals surface area contributed by atoms with E-state index in [0.29, 0.717) is 12.1 Å². The van der Waals surface area contributed by atoms with Crippen LogP contribution in [0, 0.1) is 5.92 Å². The molecule has 3 rings (SSSR count). The van der Waals surface area contributed by atoms with Gasteiger partial charge in [-0.15, -0.1) is 0 Å². The molecule has 0 unspecified atom stereocenters. The molecule has 1 N–H and O–H groups in total. The minimum absolute atomic E-state index is 0.200. The highest BCUT2D eigenvalue weighted by Crippen LogP contribution is 2.36. The van der Waals surface area contributed by atoms with Gasteiger partial charge in [-0.1, -0.05) is 12.8 Å². The van der Waals surface area contributed by atoms with Gasteiger partial charge >= 0.3 is 0 Å². The fourth-order valence-electron chi connectivity index (χ4n) is 3.98. The molecule has 104 valence electrons. The second-order valence-corrected chi connectivity index (χ2v) is 6.38. The summed E-state index contributed by atoms with van der Waals surface area (Å²) in [5.41, 5.74) is 0. The van der Waals surface area contributed by atoms with Crippen LogP contribution in [0.2, 0.25) is 0 Å². The van der Waals surface area contributed by atoms with Crippen molar-refractivity contribution < 1.29 is 9.47 Å². The Morgan fingerprint density at radius 2 is 1.61 bits per heavy atom. The minimum atomic E-state index is -0.200. The van der Waals surface area contributed by atoms with E-state index in [4.69, 9.17) is 9.47 Å². The highest BCUT2D eigenvalue weighted by molar-refractivity contribution is 4.88. The standard InChI is InChI=1S/C15H27NO2/c1-12(13-4-2-3-5-13)16-14-6-8-15(9-7-14)17-10-11-18-15/h12-14,16H,2-11H2,1H3/t12-/m0/s1. The van der Waals surface area contributed by atoms with Crippen molar-refractivity contribution in [3.8, 4) is 0 Å². The van der Waals surface area contributed by atoms with Crippen LogP contribution in [0.3, 0.4) is 0 Å². The molecule has 1 saturated heterocycles. The average Bonchev–Trinajstić information content (AvgIpc) is 3.04. The molecule has 0 aromatic heterocycles. The zero-order chi connectivity index (χ0) is 12.4. The lowest BCUT2D eigenvalue weighted by molar-refractivity contribution is -0.179. The summed E-state index contributed by atoms with van der Waals surface area (Å²) in [4.78, 5) is 0. The zero-order valence-corrected chi connectivity index (χ0v) is 11.6. The third-order valence-corrected chi connectivity index (χ3v) is 5.17. The lowest BCUT2D eigenvalue weighted by atomic mass is 9.88. The number of nitrogens with one attached hydrogen (secondary N) is 1. The van der Waals surface area contributed by atoms with E-state index in [2.05, 4.69) is 12.2 Å². The summed E-state index contributed by atoms with van der Waals surface area (Å²) in [6.07, 6.45) is 10.3. The Balaban J connectivity index is 1.44. The molecule has 0 bridgehead atoms. The van der Waals surface area contributed by atoms with E-state index in [1.807, 2.05) is 0 Å². The van der Waals surface area contributed by atoms with Crippen molar-refractivity contribution in [2.24, 2.45) is 5.92 Å². The lowest BCUT2D eigenvalue weighted by Crippen LogP contribution is -2.46. The molecule has 3 heteroatoms. The highest BCUT2D eigenvalue weighted by atomic mass is 16.7. The van der Waals surface area contributed by atoms with Crippen LogP contribution in [0.4, 0.5) is 0 Å². The topological polar surface area (TPSA) is 30.5 Å². The molecule has 1 atom stereocenters. The normalized spacial score (nSPS) is 31.2. The second-order valence-electron chi connectivity index (χ2n) is 6.38. The molecule has 2 aliphatic carbocycles. The predicted molar refractivity (Wildman–Crippen MR) is 71.4 cm³/mol. The smallest absolute Gasteiger partial charge is 0.168 e. The number of hydrogen-bond donors (Lipinski definition) is 1. The van der Waals surface area contributed by atoms with Crippen molar-refractivity contribution in [1.82, 2.24) is 5.32 Å². The maximum atomic E-state index is 5.78. The molecule has 18 heavy (non-hydrogen) atoms. The molecule has 3 aliphatic rings. The van der Waals surface area contributed by atoms with Gasteiger partial charge in [0.25, 0.3) is 0 Å². The van der Waals surface area contributed by atoms with E-state index in [0.717, 1.165) is 32.0 Å². The van der Waals surface area contributed by atoms with Gasteiger partial charge in [0.1, 0.15) is 0 Å². The van der Waals surface area contributed by atoms with Gasteiger partial charge < -0.3 is 14.8 Å². The minimum Gasteiger partial charge on any atom is -0.348 e. The fourth-order valence-corrected chi connectivity index (χ4v) is 3.98. The van der Waals surface area contributed by atoms with Crippen molar-refractivity contribution in [3.63, 3.8) is 0 Å². The molecule has 0 amide bonds. The van der Waals surface area contributed by atoms with Crippen LogP contribution in [0.5, 0.6) is 0 Å². The molecule has 0 aromatic rings. The van der Waals surface area contributed by atoms with Gasteiger partial charge in [0.05, 0.1) is 13.2 Å². The second kappa shape index (κ2) is 5.48. The molecule has 3 fully saturated rings. The Labute approximate surface area is 111 Å². The highest BCUT2D eigenvalue weighted by Gasteiger charge is 2.40. The van der Waals surface area contributed by atoms with Gasteiger partial charge in [0, 0.05) is 24.9 Å². The number of ether oxygens (including phenoxy) is 2. The number of hydrogen-bond acceptors (Lipinski definition) is 3. The first kappa shape index (κ1) is 12.9. The summed E-state index contributed by atoms with van der Waals surface area (Å²) in [6, 6.07) is 1.37. The van der Waals surface area contributed by atoms with Gasteiger partial charge in [0.15, 0.2) is 5.79 Å². The van der Waals surface area contributed by atoms with Crippen LogP contribution >= 0.6 is 0 Å². The van der Waals surface area contributed by atoms with Gasteiger partial charge in [-0.25, -0.2) is 0 Å². The van der Waals surface area contributed by atoms with Crippen molar-refractivity contribution in [2.75, 3.05) is 13.2 Å². The van der Waals surface area contributed by atoms with E-state index in [1.54, 1.807) is 0 Å². The maximum absolute atomic E-state index is 5.78. The maximum Gasteiger partial charge on any atom is 0.168 e. The Morgan fingerprint density at radius 3 is 2.22 bits per heavy atom. The number of rotatable bonds is 3. The largest absolute Gasteiger partial charge is 0.348 e. The van der Waals surface area contributed by atoms with Gasteiger partial charge in [0.2, 0.25) is 0 Å². The van der Waals surface area contributed by atoms with Crippen molar-refractivity contribution in [3.05, 3.63) is 0 Å². The Morgan fingerprint density at radius 1 is 1.00 bits per heavy atom. The molecular weight excluding hydrogens is 226 g/mol. The Bertz CT molecular complexity index is 260. The summed E-state index contributed by atoms with van der Waals surface area (Å²) >= 11 is 0. The lowest BCUT2D eigenvalue weighted by Gasteiger charge is -2.37. The van der Waals surface area contributed by atoms with Crippen LogP contribution in [0.25, 0.3) is 0 Å². The van der Waals surface area contributed by atoms with Gasteiger partial charge in [-0.2, -0.15) is 0 Å². The van der Waals surface area contributed by atoms with Crippen LogP contribution < -0.4 is 5.32 Å². The molecule has 0 aromatic carbocycles. The molecule has 3 nitrogen and oxygen atoms in total. The average molecular weight is 253 g/mol. The van der Waals surface area contributed by atoms with Gasteiger partial charge in [-0.05, 0) is 38.5 Å². The summed E-state index contributed by atoms with van der Waals surface area (Å²) in [6.45, 7) is 3.95. The van der Waals surface area contributed by atoms with Crippen LogP contribution in [0.15, 0.2) is 0 Å². The predicted octanol–water partition coefficient (Wildman–Crippen LogP) is 2.84. The van der Waals surface area contributed by atoms with Crippen LogP contribution in [-0.4, -0.2) is 31.1 Å². The summed E-state index contributed by atoms with van der Waals surface area (Å²) in [5.74, 6) is 0.717. The quantitative estimate of drug-likeness (QED) is 0.839. The monoisotopic (exact) mass is 253 g/mol. The summed E-state index contributed by atoms with van der Waals surface area (Å²) < 4.78 is 11.6. The first-order chi connectivity index (χ1) is 8.77. The van der Waals surface area contributed by atoms with Crippen molar-refractivity contribution in [2.45, 2.75) is 76.2 Å². The van der Waals surface area contributed by atoms with Crippen LogP contribution in [0.1, 0.15) is 58.3 Å². The SMILES string of the molecule is C[C@H](NC1CCC2(CC1)OCCO2)C1CCCC1. The first-order valence-corrected chi connectivity index (χ1v) is 7.81. The third-order valence-electron chi connectivity index (χ3n) is 5.17. The van der Waals surface area contributed by atoms with E-state index >= 15 is 0 Å². The fraction of sp³-hybridized carbons (Fsp3) is 1.00. The van der Waals surface area contributed by atoms with Gasteiger partial charge in [-0.3, -0.25) is 0 Å². The van der Waals surface area contributed by atoms with E-state index < -0.39 is 0 Å². The Kier molecular flexibility index (Phi) is 3.92. The van der Waals surface area contributed by atoms with Crippen molar-refractivity contribution in [1.29, 1.82) is 0 Å². The molecule has 2 saturated carbocycles. The van der Waals surface area contributed by atoms with E-state index in [1.165, 1.54) is 38.5 Å². The molecule has 1 spiro atoms. The first-order valence-electron chi connectivity index (χ1n) is 7.81. The molecular formula is C15H27NO2. The van der Waals surface area contributed by atoms with Crippen LogP contribution in [-0.2, 0) is 9.47 Å². The molecule has 1 aliphatic heterocycles. The van der Waals surface area contributed by atoms with E-state index in [-0.39, 0.29) is 5.79 Å². The summed E-state index contributed by atoms with van der Waals surface area (Å²) in [5, 5.41) is 3.86. The summed E-state index contributed by atoms with van der Waals surface area (Å²) in [7, 11) is 0. The zero-order valence-electron chi connectivity index (χ0n) is 11.6. The molecule has 0 radical (unpaired) electrons. The molecule has 1 heterocycles. The van der Waals surface area contributed by atoms with Crippen molar-refractivity contribution >= 4 is 0 Å². The van der Waals surface area contributed by atoms with E-state index in [9.17, 15) is 0 Å². The third kappa shape index (κ3) is 2.73.